The lowest BCUT2D eigenvalue weighted by molar-refractivity contribution is 0.382. The summed E-state index contributed by atoms with van der Waals surface area (Å²) in [5.74, 6) is 0.735. The van der Waals surface area contributed by atoms with E-state index in [9.17, 15) is 4.57 Å². The van der Waals surface area contributed by atoms with Crippen molar-refractivity contribution in [2.75, 3.05) is 0 Å². The molecule has 0 saturated heterocycles. The van der Waals surface area contributed by atoms with E-state index in [1.54, 1.807) is 12.2 Å². The Kier molecular flexibility index (Phi) is 6.89. The van der Waals surface area contributed by atoms with E-state index in [2.05, 4.69) is 23.0 Å². The van der Waals surface area contributed by atoms with Crippen molar-refractivity contribution in [3.8, 4) is 11.5 Å². The maximum atomic E-state index is 13.3. The maximum absolute atomic E-state index is 13.3. The fourth-order valence-corrected chi connectivity index (χ4v) is 3.85. The molecule has 0 spiro atoms. The molecule has 2 rings (SSSR count). The minimum Gasteiger partial charge on any atom is -0.411 e. The topological polar surface area (TPSA) is 84.3 Å². The first kappa shape index (κ1) is 20.4. The first-order chi connectivity index (χ1) is 12.9. The molecule has 6 nitrogen and oxygen atoms in total. The second-order valence-corrected chi connectivity index (χ2v) is 7.42. The Morgan fingerprint density at radius 1 is 1.00 bits per heavy atom. The maximum Gasteiger partial charge on any atom is 0.525 e. The van der Waals surface area contributed by atoms with Crippen LogP contribution in [0.25, 0.3) is 10.4 Å². The van der Waals surface area contributed by atoms with Crippen molar-refractivity contribution >= 4 is 7.75 Å². The number of hydrogen-bond acceptors (Lipinski definition) is 3. The molecular weight excluding hydrogens is 361 g/mol. The monoisotopic (exact) mass is 383 g/mol. The van der Waals surface area contributed by atoms with E-state index >= 15 is 0 Å². The minimum absolute atomic E-state index is 0.368. The minimum atomic E-state index is -4.18. The zero-order valence-corrected chi connectivity index (χ0v) is 16.4. The molecular formula is C20H22N3O3P. The largest absolute Gasteiger partial charge is 0.525 e. The number of nitrogens with zero attached hydrogens (tertiary/aromatic N) is 3. The Balaban J connectivity index is 2.49. The third-order valence-electron chi connectivity index (χ3n) is 3.88. The molecule has 0 saturated carbocycles. The van der Waals surface area contributed by atoms with Crippen LogP contribution >= 0.6 is 7.75 Å². The summed E-state index contributed by atoms with van der Waals surface area (Å²) in [4.78, 5) is 6.05. The lowest BCUT2D eigenvalue weighted by Crippen LogP contribution is -2.04. The molecule has 7 heteroatoms. The van der Waals surface area contributed by atoms with Gasteiger partial charge in [-0.1, -0.05) is 48.6 Å². The van der Waals surface area contributed by atoms with Gasteiger partial charge in [0.05, 0.1) is 0 Å². The number of allylic oxidation sites excluding steroid dienone is 2. The van der Waals surface area contributed by atoms with Crippen molar-refractivity contribution in [2.45, 2.75) is 26.7 Å². The Hall–Kier alpha value is -2.94. The van der Waals surface area contributed by atoms with Crippen molar-refractivity contribution in [2.24, 2.45) is 4.88 Å². The molecule has 0 aliphatic rings. The number of benzene rings is 2. The third-order valence-corrected chi connectivity index (χ3v) is 5.00. The molecule has 0 atom stereocenters. The smallest absolute Gasteiger partial charge is 0.411 e. The van der Waals surface area contributed by atoms with E-state index in [0.717, 1.165) is 22.3 Å². The number of aryl methyl sites for hydroxylation is 2. The summed E-state index contributed by atoms with van der Waals surface area (Å²) in [7, 11) is -4.18. The second kappa shape index (κ2) is 9.13. The van der Waals surface area contributed by atoms with Crippen LogP contribution in [-0.2, 0) is 17.4 Å². The van der Waals surface area contributed by atoms with Gasteiger partial charge >= 0.3 is 7.75 Å². The van der Waals surface area contributed by atoms with Gasteiger partial charge in [-0.3, -0.25) is 0 Å². The fraction of sp³-hybridized carbons (Fsp3) is 0.200. The van der Waals surface area contributed by atoms with Gasteiger partial charge in [-0.05, 0) is 54.5 Å². The molecule has 0 heterocycles. The number of hydrogen-bond donors (Lipinski definition) is 0. The predicted octanol–water partition coefficient (Wildman–Crippen LogP) is 6.64. The summed E-state index contributed by atoms with van der Waals surface area (Å²) in [5, 5.41) is 0. The number of rotatable bonds is 9. The summed E-state index contributed by atoms with van der Waals surface area (Å²) in [6, 6.07) is 11.0. The molecule has 140 valence electrons. The van der Waals surface area contributed by atoms with Gasteiger partial charge in [-0.2, -0.15) is 0 Å². The Labute approximate surface area is 159 Å². The van der Waals surface area contributed by atoms with E-state index in [1.807, 2.05) is 50.2 Å². The molecule has 0 aromatic heterocycles. The summed E-state index contributed by atoms with van der Waals surface area (Å²) < 4.78 is 24.6. The quantitative estimate of drug-likeness (QED) is 0.160. The van der Waals surface area contributed by atoms with Crippen LogP contribution in [0, 0.1) is 13.8 Å². The average Bonchev–Trinajstić information content (AvgIpc) is 2.62. The third kappa shape index (κ3) is 5.04. The molecule has 27 heavy (non-hydrogen) atoms. The van der Waals surface area contributed by atoms with Gasteiger partial charge in [0.2, 0.25) is 0 Å². The molecule has 0 aliphatic carbocycles. The normalized spacial score (nSPS) is 10.6. The Morgan fingerprint density at radius 3 is 1.81 bits per heavy atom. The lowest BCUT2D eigenvalue weighted by atomic mass is 10.1. The van der Waals surface area contributed by atoms with E-state index in [1.165, 1.54) is 0 Å². The van der Waals surface area contributed by atoms with Crippen molar-refractivity contribution in [1.29, 1.82) is 0 Å². The predicted molar refractivity (Wildman–Crippen MR) is 108 cm³/mol. The van der Waals surface area contributed by atoms with Gasteiger partial charge in [0.15, 0.2) is 0 Å². The Morgan fingerprint density at radius 2 is 1.44 bits per heavy atom. The first-order valence-corrected chi connectivity index (χ1v) is 9.88. The number of para-hydroxylation sites is 2. The highest BCUT2D eigenvalue weighted by Gasteiger charge is 2.30. The lowest BCUT2D eigenvalue weighted by Gasteiger charge is -2.21. The summed E-state index contributed by atoms with van der Waals surface area (Å²) >= 11 is 0. The highest BCUT2D eigenvalue weighted by atomic mass is 31.2. The van der Waals surface area contributed by atoms with E-state index in [4.69, 9.17) is 14.6 Å². The number of azide groups is 1. The van der Waals surface area contributed by atoms with Crippen LogP contribution in [0.15, 0.2) is 66.6 Å². The molecule has 0 bridgehead atoms. The van der Waals surface area contributed by atoms with Gasteiger partial charge in [0.25, 0.3) is 0 Å². The molecule has 2 aromatic carbocycles. The highest BCUT2D eigenvalue weighted by molar-refractivity contribution is 7.53. The second-order valence-electron chi connectivity index (χ2n) is 5.94. The zero-order valence-electron chi connectivity index (χ0n) is 15.5. The van der Waals surface area contributed by atoms with E-state index in [0.29, 0.717) is 24.3 Å². The molecule has 0 aliphatic heterocycles. The standard InChI is InChI=1S/C20H22N3O3P/c1-5-9-17-13-7-11-15(3)19(17)25-27(24,23-22-21)26-20-16(4)12-8-14-18(20)10-6-2/h5-8,11-14H,1-2,9-10H2,3-4H3. The van der Waals surface area contributed by atoms with Crippen molar-refractivity contribution in [3.63, 3.8) is 0 Å². The van der Waals surface area contributed by atoms with Crippen LogP contribution in [-0.4, -0.2) is 0 Å². The SMILES string of the molecule is C=CCc1cccc(C)c1OP(=O)(N=[N+]=[N-])Oc1c(C)cccc1CC=C. The first-order valence-electron chi connectivity index (χ1n) is 8.38. The van der Waals surface area contributed by atoms with Gasteiger partial charge in [-0.15, -0.1) is 13.2 Å². The molecule has 0 unspecified atom stereocenters. The average molecular weight is 383 g/mol. The van der Waals surface area contributed by atoms with Crippen LogP contribution in [0.4, 0.5) is 0 Å². The van der Waals surface area contributed by atoms with Gasteiger partial charge in [-0.25, -0.2) is 4.57 Å². The van der Waals surface area contributed by atoms with E-state index in [-0.39, 0.29) is 0 Å². The van der Waals surface area contributed by atoms with Crippen LogP contribution in [0.1, 0.15) is 22.3 Å². The van der Waals surface area contributed by atoms with Gasteiger partial charge in [0, 0.05) is 9.80 Å². The molecule has 0 N–H and O–H groups in total. The molecule has 0 radical (unpaired) electrons. The van der Waals surface area contributed by atoms with Gasteiger partial charge < -0.3 is 9.05 Å². The van der Waals surface area contributed by atoms with Crippen molar-refractivity contribution < 1.29 is 13.6 Å². The van der Waals surface area contributed by atoms with Crippen molar-refractivity contribution in [1.82, 2.24) is 0 Å². The summed E-state index contributed by atoms with van der Waals surface area (Å²) in [5.41, 5.74) is 12.0. The van der Waals surface area contributed by atoms with E-state index < -0.39 is 7.75 Å². The van der Waals surface area contributed by atoms with Crippen LogP contribution in [0.3, 0.4) is 0 Å². The molecule has 0 amide bonds. The van der Waals surface area contributed by atoms with Crippen molar-refractivity contribution in [3.05, 3.63) is 94.4 Å². The molecule has 2 aromatic rings. The highest BCUT2D eigenvalue weighted by Crippen LogP contribution is 2.52. The van der Waals surface area contributed by atoms with Crippen LogP contribution < -0.4 is 9.05 Å². The van der Waals surface area contributed by atoms with Crippen LogP contribution in [0.2, 0.25) is 0 Å². The molecule has 0 fully saturated rings. The van der Waals surface area contributed by atoms with Gasteiger partial charge in [0.1, 0.15) is 11.5 Å². The zero-order chi connectivity index (χ0) is 19.9. The summed E-state index contributed by atoms with van der Waals surface area (Å²) in [6.45, 7) is 11.1. The van der Waals surface area contributed by atoms with Crippen LogP contribution in [0.5, 0.6) is 11.5 Å². The summed E-state index contributed by atoms with van der Waals surface area (Å²) in [6.07, 6.45) is 4.45. The Bertz CT molecular complexity index is 884. The fourth-order valence-electron chi connectivity index (χ4n) is 2.66.